The topological polar surface area (TPSA) is 51.1 Å². The van der Waals surface area contributed by atoms with Crippen LogP contribution in [0.3, 0.4) is 0 Å². The summed E-state index contributed by atoms with van der Waals surface area (Å²) in [6, 6.07) is 5.18. The quantitative estimate of drug-likeness (QED) is 0.900. The number of amides is 1. The van der Waals surface area contributed by atoms with E-state index in [2.05, 4.69) is 5.32 Å². The molecule has 24 heavy (non-hydrogen) atoms. The molecule has 1 N–H and O–H groups in total. The summed E-state index contributed by atoms with van der Waals surface area (Å²) in [5.74, 6) is -0.628. The van der Waals surface area contributed by atoms with E-state index in [-0.39, 0.29) is 0 Å². The number of benzene rings is 1. The number of carbonyl (C=O) groups excluding carboxylic acids is 1. The molecule has 1 amide bonds. The Bertz CT molecular complexity index is 831. The predicted octanol–water partition coefficient (Wildman–Crippen LogP) is 4.03. The maximum absolute atomic E-state index is 12.8. The summed E-state index contributed by atoms with van der Waals surface area (Å²) < 4.78 is 39.0. The van der Waals surface area contributed by atoms with Crippen molar-refractivity contribution >= 4 is 23.2 Å². The van der Waals surface area contributed by atoms with Crippen LogP contribution in [0.1, 0.15) is 24.1 Å². The number of nitrogens with zero attached hydrogens (tertiary/aromatic N) is 1. The van der Waals surface area contributed by atoms with Crippen LogP contribution < -0.4 is 10.9 Å². The first kappa shape index (κ1) is 18.1. The highest BCUT2D eigenvalue weighted by Crippen LogP contribution is 2.28. The molecule has 0 fully saturated rings. The largest absolute Gasteiger partial charge is 0.417 e. The molecule has 1 aromatic heterocycles. The van der Waals surface area contributed by atoms with E-state index in [1.54, 1.807) is 19.1 Å². The number of aromatic nitrogens is 1. The predicted molar refractivity (Wildman–Crippen MR) is 85.2 cm³/mol. The lowest BCUT2D eigenvalue weighted by Crippen LogP contribution is -2.31. The van der Waals surface area contributed by atoms with Crippen LogP contribution >= 0.6 is 11.6 Å². The molecule has 0 saturated carbocycles. The van der Waals surface area contributed by atoms with Crippen molar-refractivity contribution in [3.63, 3.8) is 0 Å². The molecule has 0 aliphatic carbocycles. The van der Waals surface area contributed by atoms with Crippen molar-refractivity contribution in [1.29, 1.82) is 0 Å². The first-order chi connectivity index (χ1) is 11.1. The molecule has 0 radical (unpaired) electrons. The number of halogens is 4. The minimum absolute atomic E-state index is 0.391. The van der Waals surface area contributed by atoms with E-state index in [0.29, 0.717) is 23.0 Å². The number of rotatable bonds is 3. The molecule has 0 aliphatic heterocycles. The van der Waals surface area contributed by atoms with Gasteiger partial charge in [-0.15, -0.1) is 0 Å². The highest BCUT2D eigenvalue weighted by atomic mass is 35.5. The van der Waals surface area contributed by atoms with Crippen molar-refractivity contribution in [2.45, 2.75) is 26.1 Å². The summed E-state index contributed by atoms with van der Waals surface area (Å²) in [7, 11) is 0. The third kappa shape index (κ3) is 3.97. The van der Waals surface area contributed by atoms with Crippen LogP contribution in [0.25, 0.3) is 0 Å². The van der Waals surface area contributed by atoms with Gasteiger partial charge in [0.1, 0.15) is 6.04 Å². The third-order valence-corrected chi connectivity index (χ3v) is 3.91. The van der Waals surface area contributed by atoms with Gasteiger partial charge >= 0.3 is 6.18 Å². The molecule has 8 heteroatoms. The molecule has 0 spiro atoms. The number of carbonyl (C=O) groups is 1. The zero-order valence-electron chi connectivity index (χ0n) is 12.8. The Kier molecular flexibility index (Phi) is 5.03. The number of anilines is 1. The summed E-state index contributed by atoms with van der Waals surface area (Å²) in [5.41, 5.74) is -0.494. The Balaban J connectivity index is 2.27. The first-order valence-electron chi connectivity index (χ1n) is 6.96. The van der Waals surface area contributed by atoms with Crippen molar-refractivity contribution in [2.75, 3.05) is 5.32 Å². The molecule has 1 atom stereocenters. The Labute approximate surface area is 140 Å². The van der Waals surface area contributed by atoms with Crippen LogP contribution in [-0.2, 0) is 11.0 Å². The van der Waals surface area contributed by atoms with Crippen LogP contribution in [0.2, 0.25) is 5.02 Å². The number of alkyl halides is 3. The molecule has 1 unspecified atom stereocenters. The maximum Gasteiger partial charge on any atom is 0.417 e. The van der Waals surface area contributed by atoms with Gasteiger partial charge in [-0.25, -0.2) is 0 Å². The highest BCUT2D eigenvalue weighted by Gasteiger charge is 2.32. The lowest BCUT2D eigenvalue weighted by Gasteiger charge is -2.17. The van der Waals surface area contributed by atoms with E-state index < -0.39 is 29.2 Å². The summed E-state index contributed by atoms with van der Waals surface area (Å²) >= 11 is 5.96. The SMILES string of the molecule is Cc1ccc(NC(=O)C(C)n2cc(C(F)(F)F)ccc2=O)cc1Cl. The van der Waals surface area contributed by atoms with Crippen LogP contribution in [0.5, 0.6) is 0 Å². The minimum Gasteiger partial charge on any atom is -0.324 e. The Morgan fingerprint density at radius 2 is 1.92 bits per heavy atom. The van der Waals surface area contributed by atoms with Crippen molar-refractivity contribution in [1.82, 2.24) is 4.57 Å². The van der Waals surface area contributed by atoms with E-state index in [0.717, 1.165) is 16.2 Å². The Morgan fingerprint density at radius 1 is 1.25 bits per heavy atom. The number of pyridine rings is 1. The lowest BCUT2D eigenvalue weighted by atomic mass is 10.2. The average molecular weight is 359 g/mol. The molecule has 1 aromatic carbocycles. The van der Waals surface area contributed by atoms with Gasteiger partial charge in [-0.2, -0.15) is 13.2 Å². The fourth-order valence-electron chi connectivity index (χ4n) is 2.02. The fourth-order valence-corrected chi connectivity index (χ4v) is 2.20. The zero-order chi connectivity index (χ0) is 18.1. The van der Waals surface area contributed by atoms with Crippen molar-refractivity contribution in [2.24, 2.45) is 0 Å². The summed E-state index contributed by atoms with van der Waals surface area (Å²) in [5, 5.41) is 2.97. The van der Waals surface area contributed by atoms with E-state index in [1.165, 1.54) is 13.0 Å². The molecule has 0 bridgehead atoms. The van der Waals surface area contributed by atoms with Crippen LogP contribution in [0.4, 0.5) is 18.9 Å². The second-order valence-corrected chi connectivity index (χ2v) is 5.70. The van der Waals surface area contributed by atoms with Crippen LogP contribution in [-0.4, -0.2) is 10.5 Å². The molecule has 0 saturated heterocycles. The normalized spacial score (nSPS) is 12.8. The van der Waals surface area contributed by atoms with Gasteiger partial charge in [-0.1, -0.05) is 17.7 Å². The van der Waals surface area contributed by atoms with Crippen molar-refractivity contribution in [3.8, 4) is 0 Å². The second kappa shape index (κ2) is 6.68. The van der Waals surface area contributed by atoms with Gasteiger partial charge in [0.25, 0.3) is 5.56 Å². The number of aryl methyl sites for hydroxylation is 1. The maximum atomic E-state index is 12.8. The molecule has 4 nitrogen and oxygen atoms in total. The van der Waals surface area contributed by atoms with Gasteiger partial charge in [0.15, 0.2) is 0 Å². The van der Waals surface area contributed by atoms with Crippen molar-refractivity contribution in [3.05, 3.63) is 63.0 Å². The average Bonchev–Trinajstić information content (AvgIpc) is 2.49. The smallest absolute Gasteiger partial charge is 0.324 e. The minimum atomic E-state index is -4.60. The molecule has 1 heterocycles. The van der Waals surface area contributed by atoms with Gasteiger partial charge < -0.3 is 9.88 Å². The Hall–Kier alpha value is -2.28. The molecular weight excluding hydrogens is 345 g/mol. The number of hydrogen-bond acceptors (Lipinski definition) is 2. The van der Waals surface area contributed by atoms with Gasteiger partial charge in [-0.3, -0.25) is 9.59 Å². The van der Waals surface area contributed by atoms with E-state index >= 15 is 0 Å². The third-order valence-electron chi connectivity index (χ3n) is 3.50. The molecule has 0 aliphatic rings. The van der Waals surface area contributed by atoms with Crippen molar-refractivity contribution < 1.29 is 18.0 Å². The fraction of sp³-hybridized carbons (Fsp3) is 0.250. The second-order valence-electron chi connectivity index (χ2n) is 5.29. The monoisotopic (exact) mass is 358 g/mol. The van der Waals surface area contributed by atoms with Gasteiger partial charge in [-0.05, 0) is 37.6 Å². The van der Waals surface area contributed by atoms with E-state index in [4.69, 9.17) is 11.6 Å². The van der Waals surface area contributed by atoms with Gasteiger partial charge in [0.05, 0.1) is 5.56 Å². The molecule has 128 valence electrons. The van der Waals surface area contributed by atoms with Crippen LogP contribution in [0.15, 0.2) is 41.3 Å². The standard InChI is InChI=1S/C16H14ClF3N2O2/c1-9-3-5-12(7-13(9)17)21-15(24)10(2)22-8-11(16(18,19)20)4-6-14(22)23/h3-8,10H,1-2H3,(H,21,24). The zero-order valence-corrected chi connectivity index (χ0v) is 13.6. The van der Waals surface area contributed by atoms with Gasteiger partial charge in [0.2, 0.25) is 5.91 Å². The van der Waals surface area contributed by atoms with Crippen LogP contribution in [0, 0.1) is 6.92 Å². The van der Waals surface area contributed by atoms with Gasteiger partial charge in [0, 0.05) is 23.0 Å². The molecular formula is C16H14ClF3N2O2. The number of hydrogen-bond donors (Lipinski definition) is 1. The van der Waals surface area contributed by atoms with E-state index in [9.17, 15) is 22.8 Å². The Morgan fingerprint density at radius 3 is 2.50 bits per heavy atom. The summed E-state index contributed by atoms with van der Waals surface area (Å²) in [6.45, 7) is 3.13. The summed E-state index contributed by atoms with van der Waals surface area (Å²) in [4.78, 5) is 24.0. The lowest BCUT2D eigenvalue weighted by molar-refractivity contribution is -0.138. The molecule has 2 aromatic rings. The molecule has 2 rings (SSSR count). The number of nitrogens with one attached hydrogen (secondary N) is 1. The highest BCUT2D eigenvalue weighted by molar-refractivity contribution is 6.31. The van der Waals surface area contributed by atoms with E-state index in [1.807, 2.05) is 0 Å². The first-order valence-corrected chi connectivity index (χ1v) is 7.34. The summed E-state index contributed by atoms with van der Waals surface area (Å²) in [6.07, 6.45) is -3.97.